The number of hydrogen-bond donors (Lipinski definition) is 0. The zero-order valence-corrected chi connectivity index (χ0v) is 43.5. The lowest BCUT2D eigenvalue weighted by Crippen LogP contribution is -2.30. The van der Waals surface area contributed by atoms with Gasteiger partial charge in [-0.15, -0.1) is 0 Å². The molecule has 12 aromatic carbocycles. The second kappa shape index (κ2) is 23.9. The molecule has 0 aromatic heterocycles. The molecule has 0 radical (unpaired) electrons. The highest BCUT2D eigenvalue weighted by molar-refractivity contribution is 5.86. The first-order valence-corrected chi connectivity index (χ1v) is 27.0. The summed E-state index contributed by atoms with van der Waals surface area (Å²) in [4.78, 5) is 0. The van der Waals surface area contributed by atoms with Gasteiger partial charge in [0.1, 0.15) is 0 Å². The maximum Gasteiger partial charge on any atom is 0.0713 e. The first-order chi connectivity index (χ1) is 38.2. The number of fused-ring (bicyclic) bond motifs is 3. The van der Waals surface area contributed by atoms with E-state index in [1.165, 1.54) is 89.0 Å². The number of benzene rings is 12. The quantitative estimate of drug-likeness (QED) is 0.107. The van der Waals surface area contributed by atoms with E-state index in [9.17, 15) is 0 Å². The molecule has 1 aliphatic rings. The second-order valence-corrected chi connectivity index (χ2v) is 19.9. The van der Waals surface area contributed by atoms with Crippen molar-refractivity contribution >= 4 is 0 Å². The fourth-order valence-corrected chi connectivity index (χ4v) is 11.8. The summed E-state index contributed by atoms with van der Waals surface area (Å²) in [5, 5.41) is 0. The van der Waals surface area contributed by atoms with Gasteiger partial charge in [-0.3, -0.25) is 0 Å². The zero-order valence-electron chi connectivity index (χ0n) is 43.5. The SMILES string of the molecule is c1ccc(C(c2ccccc2)(c2ccccc2)c2ccccc2)cc1.c1ccc(C2(c3ccccc3)c3ccccc3-c3ccccc32)cc1.c1ccc(Cc2cc(Cc3ccccc3)cc(Cc3ccccc3)c2)cc1. The van der Waals surface area contributed by atoms with Crippen LogP contribution in [-0.2, 0) is 30.1 Å². The lowest BCUT2D eigenvalue weighted by molar-refractivity contribution is 0.745. The Hall–Kier alpha value is -9.36. The van der Waals surface area contributed by atoms with Crippen LogP contribution < -0.4 is 0 Å². The van der Waals surface area contributed by atoms with Gasteiger partial charge in [0.05, 0.1) is 10.8 Å². The molecule has 0 heteroatoms. The van der Waals surface area contributed by atoms with Crippen molar-refractivity contribution in [3.63, 3.8) is 0 Å². The molecule has 0 spiro atoms. The van der Waals surface area contributed by atoms with Gasteiger partial charge in [0, 0.05) is 0 Å². The van der Waals surface area contributed by atoms with Gasteiger partial charge in [0.15, 0.2) is 0 Å². The van der Waals surface area contributed by atoms with Gasteiger partial charge in [-0.25, -0.2) is 0 Å². The highest BCUT2D eigenvalue weighted by atomic mass is 14.5. The van der Waals surface area contributed by atoms with Crippen LogP contribution in [0.5, 0.6) is 0 Å². The Morgan fingerprint density at radius 1 is 0.208 bits per heavy atom. The molecule has 77 heavy (non-hydrogen) atoms. The van der Waals surface area contributed by atoms with Crippen LogP contribution in [0, 0.1) is 0 Å². The third-order valence-corrected chi connectivity index (χ3v) is 15.1. The molecular weight excluding hydrogens is 925 g/mol. The van der Waals surface area contributed by atoms with E-state index in [0.29, 0.717) is 0 Å². The third kappa shape index (κ3) is 10.8. The maximum atomic E-state index is 2.37. The van der Waals surface area contributed by atoms with Crippen molar-refractivity contribution in [2.24, 2.45) is 0 Å². The minimum Gasteiger partial charge on any atom is -0.0622 e. The van der Waals surface area contributed by atoms with Crippen molar-refractivity contribution in [3.8, 4) is 11.1 Å². The molecule has 0 unspecified atom stereocenters. The summed E-state index contributed by atoms with van der Waals surface area (Å²) >= 11 is 0. The largest absolute Gasteiger partial charge is 0.0713 e. The Bertz CT molecular complexity index is 3210. The molecule has 0 atom stereocenters. The van der Waals surface area contributed by atoms with Crippen molar-refractivity contribution < 1.29 is 0 Å². The van der Waals surface area contributed by atoms with Gasteiger partial charge in [-0.1, -0.05) is 340 Å². The molecule has 0 amide bonds. The van der Waals surface area contributed by atoms with Gasteiger partial charge < -0.3 is 0 Å². The van der Waals surface area contributed by atoms with E-state index in [2.05, 4.69) is 340 Å². The molecule has 12 aromatic rings. The highest BCUT2D eigenvalue weighted by Crippen LogP contribution is 2.56. The summed E-state index contributed by atoms with van der Waals surface area (Å²) in [5.74, 6) is 0. The summed E-state index contributed by atoms with van der Waals surface area (Å²) < 4.78 is 0. The van der Waals surface area contributed by atoms with E-state index in [0.717, 1.165) is 19.3 Å². The zero-order chi connectivity index (χ0) is 52.0. The van der Waals surface area contributed by atoms with Crippen LogP contribution in [0.25, 0.3) is 11.1 Å². The van der Waals surface area contributed by atoms with Gasteiger partial charge >= 0.3 is 0 Å². The molecule has 0 N–H and O–H groups in total. The van der Waals surface area contributed by atoms with E-state index in [4.69, 9.17) is 0 Å². The van der Waals surface area contributed by atoms with Crippen LogP contribution in [-0.4, -0.2) is 0 Å². The Balaban J connectivity index is 0.000000123. The molecule has 0 saturated heterocycles. The molecule has 0 saturated carbocycles. The predicted octanol–water partition coefficient (Wildman–Crippen LogP) is 18.6. The summed E-state index contributed by atoms with van der Waals surface area (Å²) in [6.45, 7) is 0. The lowest BCUT2D eigenvalue weighted by Gasteiger charge is -2.36. The minimum absolute atomic E-state index is 0.254. The van der Waals surface area contributed by atoms with Crippen molar-refractivity contribution in [3.05, 3.63) is 418 Å². The fraction of sp³-hybridized carbons (Fsp3) is 0.0649. The van der Waals surface area contributed by atoms with Crippen molar-refractivity contribution in [2.75, 3.05) is 0 Å². The van der Waals surface area contributed by atoms with Crippen LogP contribution >= 0.6 is 0 Å². The molecule has 0 nitrogen and oxygen atoms in total. The molecule has 0 bridgehead atoms. The number of rotatable bonds is 12. The van der Waals surface area contributed by atoms with E-state index in [1.54, 1.807) is 0 Å². The van der Waals surface area contributed by atoms with Crippen molar-refractivity contribution in [2.45, 2.75) is 30.1 Å². The van der Waals surface area contributed by atoms with E-state index in [-0.39, 0.29) is 10.8 Å². The lowest BCUT2D eigenvalue weighted by atomic mass is 9.65. The van der Waals surface area contributed by atoms with Gasteiger partial charge in [-0.2, -0.15) is 0 Å². The topological polar surface area (TPSA) is 0 Å². The standard InChI is InChI=1S/C27H24.C25H18.C25H20/c1-4-10-22(11-5-1)16-25-19-26(17-23-12-6-2-7-13-23)21-27(20-25)18-24-14-8-3-9-15-24;1-3-11-19(12-4-1)25(20-13-5-2-6-14-20)23-17-9-7-15-21(23)22-16-8-10-18-24(22)25;1-5-13-21(14-6-1)25(22-15-7-2-8-16-22,23-17-9-3-10-18-23)24-19-11-4-12-20-24/h1-15,19-21H,16-18H2;1-18H;1-20H. The Morgan fingerprint density at radius 2 is 0.429 bits per heavy atom. The van der Waals surface area contributed by atoms with E-state index >= 15 is 0 Å². The van der Waals surface area contributed by atoms with Crippen LogP contribution in [0.4, 0.5) is 0 Å². The summed E-state index contributed by atoms with van der Waals surface area (Å²) in [5.41, 5.74) is 20.8. The predicted molar refractivity (Wildman–Crippen MR) is 323 cm³/mol. The van der Waals surface area contributed by atoms with Crippen LogP contribution in [0.3, 0.4) is 0 Å². The molecule has 370 valence electrons. The Labute approximate surface area is 456 Å². The van der Waals surface area contributed by atoms with Gasteiger partial charge in [0.25, 0.3) is 0 Å². The van der Waals surface area contributed by atoms with Crippen LogP contribution in [0.15, 0.2) is 340 Å². The molecular formula is C77H62. The Kier molecular flexibility index (Phi) is 15.5. The average Bonchev–Trinajstić information content (AvgIpc) is 4.00. The molecule has 0 aliphatic heterocycles. The monoisotopic (exact) mass is 986 g/mol. The molecule has 0 fully saturated rings. The number of hydrogen-bond acceptors (Lipinski definition) is 0. The summed E-state index contributed by atoms with van der Waals surface area (Å²) in [6.07, 6.45) is 2.93. The summed E-state index contributed by atoms with van der Waals surface area (Å²) in [7, 11) is 0. The smallest absolute Gasteiger partial charge is 0.0622 e. The van der Waals surface area contributed by atoms with E-state index < -0.39 is 0 Å². The van der Waals surface area contributed by atoms with Gasteiger partial charge in [0.2, 0.25) is 0 Å². The van der Waals surface area contributed by atoms with Crippen molar-refractivity contribution in [1.82, 2.24) is 0 Å². The van der Waals surface area contributed by atoms with Gasteiger partial charge in [-0.05, 0) is 108 Å². The van der Waals surface area contributed by atoms with E-state index in [1.807, 2.05) is 0 Å². The second-order valence-electron chi connectivity index (χ2n) is 19.9. The molecule has 0 heterocycles. The normalized spacial score (nSPS) is 11.9. The minimum atomic E-state index is -0.328. The third-order valence-electron chi connectivity index (χ3n) is 15.1. The Morgan fingerprint density at radius 3 is 0.701 bits per heavy atom. The first-order valence-electron chi connectivity index (χ1n) is 27.0. The average molecular weight is 987 g/mol. The summed E-state index contributed by atoms with van der Waals surface area (Å²) in [6, 6.07) is 122. The maximum absolute atomic E-state index is 2.37. The van der Waals surface area contributed by atoms with Crippen molar-refractivity contribution in [1.29, 1.82) is 0 Å². The van der Waals surface area contributed by atoms with Crippen LogP contribution in [0.1, 0.15) is 77.9 Å². The van der Waals surface area contributed by atoms with Crippen LogP contribution in [0.2, 0.25) is 0 Å². The molecule has 1 aliphatic carbocycles. The first kappa shape index (κ1) is 49.8. The highest BCUT2D eigenvalue weighted by Gasteiger charge is 2.45. The fourth-order valence-electron chi connectivity index (χ4n) is 11.8. The molecule has 13 rings (SSSR count).